The maximum atomic E-state index is 5.90. The molecule has 0 atom stereocenters. The van der Waals surface area contributed by atoms with E-state index < -0.39 is 0 Å². The molecule has 0 fully saturated rings. The van der Waals surface area contributed by atoms with Crippen molar-refractivity contribution < 1.29 is 0 Å². The summed E-state index contributed by atoms with van der Waals surface area (Å²) in [5, 5.41) is 7.52. The second-order valence-corrected chi connectivity index (χ2v) is 5.66. The number of anilines is 2. The first-order valence-corrected chi connectivity index (χ1v) is 6.38. The average Bonchev–Trinajstić information content (AvgIpc) is 2.90. The Morgan fingerprint density at radius 2 is 1.95 bits per heavy atom. The lowest BCUT2D eigenvalue weighted by Gasteiger charge is -2.18. The molecule has 20 heavy (non-hydrogen) atoms. The molecule has 0 saturated heterocycles. The number of hydrogen-bond donors (Lipinski definition) is 3. The van der Waals surface area contributed by atoms with E-state index in [0.29, 0.717) is 11.9 Å². The monoisotopic (exact) mass is 271 g/mol. The molecule has 0 aliphatic carbocycles. The molecule has 104 valence electrons. The Labute approximate surface area is 116 Å². The van der Waals surface area contributed by atoms with Gasteiger partial charge in [-0.15, -0.1) is 5.10 Å². The third kappa shape index (κ3) is 2.29. The Morgan fingerprint density at radius 3 is 2.65 bits per heavy atom. The summed E-state index contributed by atoms with van der Waals surface area (Å²) < 4.78 is 1.49. The van der Waals surface area contributed by atoms with E-state index in [1.165, 1.54) is 4.68 Å². The number of hydrogen-bond acceptors (Lipinski definition) is 5. The summed E-state index contributed by atoms with van der Waals surface area (Å²) >= 11 is 0. The second kappa shape index (κ2) is 4.22. The van der Waals surface area contributed by atoms with Gasteiger partial charge in [0.1, 0.15) is 0 Å². The number of aromatic nitrogens is 5. The number of nitrogens with two attached hydrogens (primary N) is 1. The van der Waals surface area contributed by atoms with Gasteiger partial charge in [-0.05, 0) is 32.9 Å². The van der Waals surface area contributed by atoms with E-state index >= 15 is 0 Å². The van der Waals surface area contributed by atoms with Gasteiger partial charge in [-0.3, -0.25) is 0 Å². The minimum atomic E-state index is -0.132. The molecule has 7 heteroatoms. The van der Waals surface area contributed by atoms with Gasteiger partial charge in [-0.2, -0.15) is 9.67 Å². The summed E-state index contributed by atoms with van der Waals surface area (Å²) in [7, 11) is 0. The number of rotatable bonds is 2. The van der Waals surface area contributed by atoms with E-state index in [-0.39, 0.29) is 11.5 Å². The minimum absolute atomic E-state index is 0.132. The zero-order valence-electron chi connectivity index (χ0n) is 11.7. The van der Waals surface area contributed by atoms with Crippen LogP contribution >= 0.6 is 0 Å². The van der Waals surface area contributed by atoms with Gasteiger partial charge in [0.2, 0.25) is 17.8 Å². The van der Waals surface area contributed by atoms with Crippen molar-refractivity contribution in [3.05, 3.63) is 24.3 Å². The van der Waals surface area contributed by atoms with Gasteiger partial charge in [0.25, 0.3) is 0 Å². The van der Waals surface area contributed by atoms with Crippen LogP contribution in [-0.2, 0) is 0 Å². The van der Waals surface area contributed by atoms with E-state index in [1.54, 1.807) is 0 Å². The van der Waals surface area contributed by atoms with Crippen LogP contribution in [0.3, 0.4) is 0 Å². The number of para-hydroxylation sites is 2. The fraction of sp³-hybridized carbons (Fsp3) is 0.308. The third-order valence-electron chi connectivity index (χ3n) is 2.70. The van der Waals surface area contributed by atoms with Crippen molar-refractivity contribution in [1.29, 1.82) is 0 Å². The number of imidazole rings is 1. The number of nitrogen functional groups attached to an aromatic ring is 1. The van der Waals surface area contributed by atoms with Crippen molar-refractivity contribution in [1.82, 2.24) is 24.7 Å². The van der Waals surface area contributed by atoms with Crippen LogP contribution in [0.1, 0.15) is 20.8 Å². The molecule has 0 aliphatic rings. The van der Waals surface area contributed by atoms with Crippen LogP contribution in [0, 0.1) is 0 Å². The van der Waals surface area contributed by atoms with Crippen LogP contribution in [0.5, 0.6) is 0 Å². The van der Waals surface area contributed by atoms with Crippen LogP contribution in [-0.4, -0.2) is 30.3 Å². The molecule has 2 heterocycles. The lowest BCUT2D eigenvalue weighted by molar-refractivity contribution is 0.625. The van der Waals surface area contributed by atoms with Crippen LogP contribution < -0.4 is 11.1 Å². The lowest BCUT2D eigenvalue weighted by Crippen LogP contribution is -2.26. The zero-order chi connectivity index (χ0) is 14.3. The molecule has 2 aromatic heterocycles. The maximum absolute atomic E-state index is 5.90. The highest BCUT2D eigenvalue weighted by Gasteiger charge is 2.16. The van der Waals surface area contributed by atoms with Crippen molar-refractivity contribution in [2.45, 2.75) is 26.3 Å². The van der Waals surface area contributed by atoms with Gasteiger partial charge in [0, 0.05) is 5.54 Å². The van der Waals surface area contributed by atoms with Crippen LogP contribution in [0.2, 0.25) is 0 Å². The molecular formula is C13H17N7. The predicted octanol–water partition coefficient (Wildman–Crippen LogP) is 1.94. The summed E-state index contributed by atoms with van der Waals surface area (Å²) in [6.45, 7) is 6.10. The van der Waals surface area contributed by atoms with E-state index in [0.717, 1.165) is 11.0 Å². The maximum Gasteiger partial charge on any atom is 0.244 e. The smallest absolute Gasteiger partial charge is 0.244 e. The Kier molecular flexibility index (Phi) is 2.63. The van der Waals surface area contributed by atoms with Crippen molar-refractivity contribution in [2.75, 3.05) is 11.1 Å². The first kappa shape index (κ1) is 12.5. The summed E-state index contributed by atoms with van der Waals surface area (Å²) in [4.78, 5) is 11.8. The summed E-state index contributed by atoms with van der Waals surface area (Å²) in [5.41, 5.74) is 7.57. The number of benzene rings is 1. The minimum Gasteiger partial charge on any atom is -0.368 e. The van der Waals surface area contributed by atoms with E-state index in [2.05, 4.69) is 25.4 Å². The van der Waals surface area contributed by atoms with Crippen LogP contribution in [0.15, 0.2) is 24.3 Å². The molecule has 0 saturated carbocycles. The fourth-order valence-corrected chi connectivity index (χ4v) is 1.91. The topological polar surface area (TPSA) is 97.4 Å². The second-order valence-electron chi connectivity index (χ2n) is 5.66. The number of aromatic amines is 1. The molecule has 0 unspecified atom stereocenters. The highest BCUT2D eigenvalue weighted by Crippen LogP contribution is 2.17. The van der Waals surface area contributed by atoms with Gasteiger partial charge in [0.05, 0.1) is 11.0 Å². The predicted molar refractivity (Wildman–Crippen MR) is 78.8 cm³/mol. The number of nitrogens with one attached hydrogen (secondary N) is 2. The standard InChI is InChI=1S/C13H17N7/c1-13(2,3)18-11-17-10(14)20(19-11)12-15-8-6-4-5-7-9(8)16-12/h4-7H,1-3H3,(H,15,16)(H3,14,17,18,19). The Bertz CT molecular complexity index is 715. The van der Waals surface area contributed by atoms with Crippen molar-refractivity contribution >= 4 is 22.9 Å². The fourth-order valence-electron chi connectivity index (χ4n) is 1.91. The average molecular weight is 271 g/mol. The van der Waals surface area contributed by atoms with Crippen molar-refractivity contribution in [3.8, 4) is 5.95 Å². The molecule has 1 aromatic carbocycles. The number of H-pyrrole nitrogens is 1. The van der Waals surface area contributed by atoms with Crippen molar-refractivity contribution in [3.63, 3.8) is 0 Å². The van der Waals surface area contributed by atoms with E-state index in [9.17, 15) is 0 Å². The van der Waals surface area contributed by atoms with Gasteiger partial charge in [-0.1, -0.05) is 12.1 Å². The molecule has 0 radical (unpaired) electrons. The molecule has 4 N–H and O–H groups in total. The molecule has 0 spiro atoms. The first-order valence-electron chi connectivity index (χ1n) is 6.38. The lowest BCUT2D eigenvalue weighted by atomic mass is 10.1. The van der Waals surface area contributed by atoms with Gasteiger partial charge < -0.3 is 16.0 Å². The van der Waals surface area contributed by atoms with Gasteiger partial charge in [-0.25, -0.2) is 4.98 Å². The van der Waals surface area contributed by atoms with E-state index in [4.69, 9.17) is 5.73 Å². The van der Waals surface area contributed by atoms with Crippen LogP contribution in [0.4, 0.5) is 11.9 Å². The highest BCUT2D eigenvalue weighted by atomic mass is 15.5. The summed E-state index contributed by atoms with van der Waals surface area (Å²) in [6.07, 6.45) is 0. The van der Waals surface area contributed by atoms with Crippen LogP contribution in [0.25, 0.3) is 17.0 Å². The van der Waals surface area contributed by atoms with E-state index in [1.807, 2.05) is 45.0 Å². The molecule has 0 bridgehead atoms. The largest absolute Gasteiger partial charge is 0.368 e. The molecule has 0 aliphatic heterocycles. The molecule has 3 aromatic rings. The Hall–Kier alpha value is -2.57. The van der Waals surface area contributed by atoms with Gasteiger partial charge >= 0.3 is 0 Å². The van der Waals surface area contributed by atoms with Crippen molar-refractivity contribution in [2.24, 2.45) is 0 Å². The summed E-state index contributed by atoms with van der Waals surface area (Å²) in [5.74, 6) is 1.32. The Morgan fingerprint density at radius 1 is 1.20 bits per heavy atom. The first-order chi connectivity index (χ1) is 9.42. The number of nitrogens with zero attached hydrogens (tertiary/aromatic N) is 4. The highest BCUT2D eigenvalue weighted by molar-refractivity contribution is 5.76. The SMILES string of the molecule is CC(C)(C)Nc1nc(N)n(-c2nc3ccccc3[nH]2)n1. The quantitative estimate of drug-likeness (QED) is 0.661. The molecule has 3 rings (SSSR count). The normalized spacial score (nSPS) is 11.9. The Balaban J connectivity index is 2.01. The number of fused-ring (bicyclic) bond motifs is 1. The molecular weight excluding hydrogens is 254 g/mol. The zero-order valence-corrected chi connectivity index (χ0v) is 11.7. The molecule has 7 nitrogen and oxygen atoms in total. The van der Waals surface area contributed by atoms with Gasteiger partial charge in [0.15, 0.2) is 0 Å². The third-order valence-corrected chi connectivity index (χ3v) is 2.70. The molecule has 0 amide bonds. The summed E-state index contributed by atoms with van der Waals surface area (Å²) in [6, 6.07) is 7.76.